The van der Waals surface area contributed by atoms with E-state index in [0.717, 1.165) is 38.5 Å². The molecule has 0 heterocycles. The second kappa shape index (κ2) is 17.6. The second-order valence-corrected chi connectivity index (χ2v) is 8.42. The van der Waals surface area contributed by atoms with E-state index in [1.807, 2.05) is 20.8 Å². The molecule has 0 amide bonds. The van der Waals surface area contributed by atoms with Crippen molar-refractivity contribution >= 4 is 5.97 Å². The van der Waals surface area contributed by atoms with E-state index in [1.54, 1.807) is 6.92 Å². The van der Waals surface area contributed by atoms with Gasteiger partial charge in [-0.15, -0.1) is 0 Å². The summed E-state index contributed by atoms with van der Waals surface area (Å²) in [6.07, 6.45) is 11.9. The first kappa shape index (κ1) is 30.1. The molecule has 0 N–H and O–H groups in total. The van der Waals surface area contributed by atoms with Gasteiger partial charge in [0.1, 0.15) is 0 Å². The number of hydrogen-bond acceptors (Lipinski definition) is 5. The summed E-state index contributed by atoms with van der Waals surface area (Å²) in [4.78, 5) is 11.8. The van der Waals surface area contributed by atoms with Crippen molar-refractivity contribution < 1.29 is 23.7 Å². The predicted octanol–water partition coefficient (Wildman–Crippen LogP) is 7.19. The monoisotopic (exact) mass is 442 g/mol. The van der Waals surface area contributed by atoms with Gasteiger partial charge in [0.15, 0.2) is 0 Å². The van der Waals surface area contributed by atoms with E-state index in [2.05, 4.69) is 20.4 Å². The van der Waals surface area contributed by atoms with Crippen LogP contribution in [0.2, 0.25) is 0 Å². The molecule has 5 heteroatoms. The van der Waals surface area contributed by atoms with E-state index >= 15 is 0 Å². The smallest absolute Gasteiger partial charge is 0.333 e. The molecule has 0 rings (SSSR count). The van der Waals surface area contributed by atoms with E-state index < -0.39 is 5.97 Å². The van der Waals surface area contributed by atoms with Crippen molar-refractivity contribution in [1.82, 2.24) is 0 Å². The van der Waals surface area contributed by atoms with Gasteiger partial charge in [0.2, 0.25) is 0 Å². The molecule has 0 saturated carbocycles. The van der Waals surface area contributed by atoms with Gasteiger partial charge in [0, 0.05) is 25.4 Å². The van der Waals surface area contributed by atoms with Crippen LogP contribution in [0.5, 0.6) is 0 Å². The molecule has 5 nitrogen and oxygen atoms in total. The Morgan fingerprint density at radius 3 is 1.71 bits per heavy atom. The Morgan fingerprint density at radius 1 is 0.710 bits per heavy atom. The van der Waals surface area contributed by atoms with Gasteiger partial charge in [0.25, 0.3) is 5.97 Å². The summed E-state index contributed by atoms with van der Waals surface area (Å²) in [5, 5.41) is 0. The van der Waals surface area contributed by atoms with Crippen LogP contribution < -0.4 is 0 Å². The van der Waals surface area contributed by atoms with Gasteiger partial charge in [-0.1, -0.05) is 65.4 Å². The Labute approximate surface area is 192 Å². The molecule has 1 unspecified atom stereocenters. The van der Waals surface area contributed by atoms with E-state index in [4.69, 9.17) is 18.9 Å². The summed E-state index contributed by atoms with van der Waals surface area (Å²) >= 11 is 0. The van der Waals surface area contributed by atoms with Crippen molar-refractivity contribution in [1.29, 1.82) is 0 Å². The number of carbonyl (C=O) groups is 1. The van der Waals surface area contributed by atoms with Crippen LogP contribution in [0.3, 0.4) is 0 Å². The Balaban J connectivity index is 5.58. The Bertz CT molecular complexity index is 459. The van der Waals surface area contributed by atoms with Crippen molar-refractivity contribution in [3.05, 3.63) is 12.2 Å². The molecular weight excluding hydrogens is 392 g/mol. The van der Waals surface area contributed by atoms with Crippen molar-refractivity contribution in [3.8, 4) is 0 Å². The first-order valence-corrected chi connectivity index (χ1v) is 12.6. The van der Waals surface area contributed by atoms with Crippen molar-refractivity contribution in [2.45, 2.75) is 118 Å². The maximum absolute atomic E-state index is 11.8. The minimum atomic E-state index is -1.07. The summed E-state index contributed by atoms with van der Waals surface area (Å²) < 4.78 is 24.2. The highest BCUT2D eigenvalue weighted by molar-refractivity contribution is 5.86. The molecule has 0 aliphatic carbocycles. The molecule has 0 aromatic rings. The predicted molar refractivity (Wildman–Crippen MR) is 128 cm³/mol. The van der Waals surface area contributed by atoms with Crippen LogP contribution in [-0.2, 0) is 23.7 Å². The van der Waals surface area contributed by atoms with Gasteiger partial charge in [-0.05, 0) is 53.4 Å². The van der Waals surface area contributed by atoms with Gasteiger partial charge >= 0.3 is 5.97 Å². The zero-order valence-corrected chi connectivity index (χ0v) is 21.4. The summed E-state index contributed by atoms with van der Waals surface area (Å²) in [6.45, 7) is 17.7. The standard InChI is InChI=1S/C26H50O5/c1-8-13-14-15-16-17-20-25(19-9-2,21-18-22-28-24(27)23(6)7)26(29-10-3,30-11-4)31-12-5/h6,8-22H2,1-5,7H3. The number of esters is 1. The van der Waals surface area contributed by atoms with E-state index in [-0.39, 0.29) is 11.4 Å². The summed E-state index contributed by atoms with van der Waals surface area (Å²) in [5.74, 6) is -1.40. The minimum Gasteiger partial charge on any atom is -0.462 e. The van der Waals surface area contributed by atoms with Crippen molar-refractivity contribution in [2.75, 3.05) is 26.4 Å². The average molecular weight is 443 g/mol. The van der Waals surface area contributed by atoms with Gasteiger partial charge in [0.05, 0.1) is 12.0 Å². The maximum atomic E-state index is 11.8. The average Bonchev–Trinajstić information content (AvgIpc) is 2.73. The molecule has 0 aliphatic heterocycles. The number of unbranched alkanes of at least 4 members (excludes halogenated alkanes) is 5. The molecule has 184 valence electrons. The van der Waals surface area contributed by atoms with Crippen LogP contribution in [-0.4, -0.2) is 38.4 Å². The molecule has 0 bridgehead atoms. The third-order valence-corrected chi connectivity index (χ3v) is 5.77. The highest BCUT2D eigenvalue weighted by Gasteiger charge is 2.53. The summed E-state index contributed by atoms with van der Waals surface area (Å²) in [7, 11) is 0. The van der Waals surface area contributed by atoms with Crippen LogP contribution >= 0.6 is 0 Å². The largest absolute Gasteiger partial charge is 0.462 e. The molecule has 0 radical (unpaired) electrons. The van der Waals surface area contributed by atoms with Crippen LogP contribution in [0.1, 0.15) is 112 Å². The van der Waals surface area contributed by atoms with Crippen LogP contribution in [0, 0.1) is 5.41 Å². The summed E-state index contributed by atoms with van der Waals surface area (Å²) in [5.41, 5.74) is 0.142. The third-order valence-electron chi connectivity index (χ3n) is 5.77. The van der Waals surface area contributed by atoms with E-state index in [9.17, 15) is 4.79 Å². The van der Waals surface area contributed by atoms with Gasteiger partial charge in [-0.25, -0.2) is 4.79 Å². The molecule has 0 spiro atoms. The van der Waals surface area contributed by atoms with E-state index in [0.29, 0.717) is 32.0 Å². The first-order valence-electron chi connectivity index (χ1n) is 12.6. The zero-order valence-electron chi connectivity index (χ0n) is 21.4. The summed E-state index contributed by atoms with van der Waals surface area (Å²) in [6, 6.07) is 0. The van der Waals surface area contributed by atoms with Crippen LogP contribution in [0.15, 0.2) is 12.2 Å². The van der Waals surface area contributed by atoms with Crippen LogP contribution in [0.4, 0.5) is 0 Å². The minimum absolute atomic E-state index is 0.288. The highest BCUT2D eigenvalue weighted by atomic mass is 16.9. The lowest BCUT2D eigenvalue weighted by Gasteiger charge is -2.49. The molecular formula is C26H50O5. The molecule has 1 atom stereocenters. The van der Waals surface area contributed by atoms with Gasteiger partial charge < -0.3 is 18.9 Å². The van der Waals surface area contributed by atoms with Gasteiger partial charge in [-0.3, -0.25) is 0 Å². The Morgan fingerprint density at radius 2 is 1.23 bits per heavy atom. The molecule has 31 heavy (non-hydrogen) atoms. The normalized spacial score (nSPS) is 13.7. The molecule has 0 fully saturated rings. The number of rotatable bonds is 21. The van der Waals surface area contributed by atoms with Crippen LogP contribution in [0.25, 0.3) is 0 Å². The lowest BCUT2D eigenvalue weighted by atomic mass is 9.72. The fourth-order valence-corrected chi connectivity index (χ4v) is 4.41. The quantitative estimate of drug-likeness (QED) is 0.0815. The fourth-order valence-electron chi connectivity index (χ4n) is 4.41. The topological polar surface area (TPSA) is 54.0 Å². The molecule has 0 saturated heterocycles. The zero-order chi connectivity index (χ0) is 23.6. The van der Waals surface area contributed by atoms with E-state index in [1.165, 1.54) is 32.1 Å². The number of hydrogen-bond donors (Lipinski definition) is 0. The molecule has 0 aromatic heterocycles. The second-order valence-electron chi connectivity index (χ2n) is 8.42. The Hall–Kier alpha value is -0.910. The maximum Gasteiger partial charge on any atom is 0.333 e. The Kier molecular flexibility index (Phi) is 17.1. The highest BCUT2D eigenvalue weighted by Crippen LogP contribution is 2.49. The third kappa shape index (κ3) is 10.5. The van der Waals surface area contributed by atoms with Crippen molar-refractivity contribution in [2.24, 2.45) is 5.41 Å². The number of carbonyl (C=O) groups excluding carboxylic acids is 1. The SMILES string of the molecule is C=C(C)C(=O)OCCCC(CCC)(CCCCCCCC)C(OCC)(OCC)OCC. The fraction of sp³-hybridized carbons (Fsp3) is 0.885. The van der Waals surface area contributed by atoms with Gasteiger partial charge in [-0.2, -0.15) is 0 Å². The lowest BCUT2D eigenvalue weighted by Crippen LogP contribution is -2.55. The number of ether oxygens (including phenoxy) is 4. The molecule has 0 aromatic carbocycles. The molecule has 0 aliphatic rings. The van der Waals surface area contributed by atoms with Crippen molar-refractivity contribution in [3.63, 3.8) is 0 Å². The lowest BCUT2D eigenvalue weighted by molar-refractivity contribution is -0.432. The first-order chi connectivity index (χ1) is 14.9.